The SMILES string of the molecule is CCOC(=O)CN1N=C(CC)C(c2cccc([N+](=O)[O-])c2)C(C(=O)OCCOC)=C1C. The molecule has 0 saturated heterocycles. The van der Waals surface area contributed by atoms with Crippen LogP contribution < -0.4 is 0 Å². The van der Waals surface area contributed by atoms with Crippen molar-refractivity contribution in [1.29, 1.82) is 0 Å². The van der Waals surface area contributed by atoms with E-state index in [2.05, 4.69) is 5.10 Å². The van der Waals surface area contributed by atoms with E-state index in [1.54, 1.807) is 26.0 Å². The van der Waals surface area contributed by atoms with E-state index >= 15 is 0 Å². The van der Waals surface area contributed by atoms with E-state index in [0.29, 0.717) is 23.4 Å². The van der Waals surface area contributed by atoms with Gasteiger partial charge in [0.05, 0.1) is 35.3 Å². The lowest BCUT2D eigenvalue weighted by atomic mass is 9.83. The predicted octanol–water partition coefficient (Wildman–Crippen LogP) is 2.79. The highest BCUT2D eigenvalue weighted by Gasteiger charge is 2.36. The Balaban J connectivity index is 2.54. The molecule has 0 radical (unpaired) electrons. The molecule has 0 fully saturated rings. The number of carbonyl (C=O) groups excluding carboxylic acids is 2. The second kappa shape index (κ2) is 11.2. The number of allylic oxidation sites excluding steroid dienone is 1. The number of esters is 2. The zero-order chi connectivity index (χ0) is 23.0. The minimum Gasteiger partial charge on any atom is -0.465 e. The molecule has 0 aliphatic carbocycles. The van der Waals surface area contributed by atoms with Crippen LogP contribution in [-0.2, 0) is 23.8 Å². The number of nitrogens with zero attached hydrogens (tertiary/aromatic N) is 3. The molecule has 0 amide bonds. The molecular formula is C21H27N3O7. The first kappa shape index (κ1) is 24.0. The number of methoxy groups -OCH3 is 1. The standard InChI is InChI=1S/C21H27N3O7/c1-5-17-20(15-8-7-9-16(12-15)24(27)28)19(21(26)31-11-10-29-4)14(3)23(22-17)13-18(25)30-6-2/h7-9,12,20H,5-6,10-11,13H2,1-4H3. The summed E-state index contributed by atoms with van der Waals surface area (Å²) < 4.78 is 15.3. The minimum absolute atomic E-state index is 0.0459. The normalized spacial score (nSPS) is 16.1. The molecule has 0 saturated carbocycles. The van der Waals surface area contributed by atoms with Gasteiger partial charge in [0.15, 0.2) is 0 Å². The molecule has 0 aromatic heterocycles. The van der Waals surface area contributed by atoms with Gasteiger partial charge in [-0.2, -0.15) is 5.10 Å². The first-order valence-corrected chi connectivity index (χ1v) is 9.95. The number of hydrogen-bond acceptors (Lipinski definition) is 9. The van der Waals surface area contributed by atoms with Crippen molar-refractivity contribution in [2.45, 2.75) is 33.1 Å². The van der Waals surface area contributed by atoms with Crippen molar-refractivity contribution >= 4 is 23.3 Å². The van der Waals surface area contributed by atoms with Gasteiger partial charge in [-0.25, -0.2) is 4.79 Å². The van der Waals surface area contributed by atoms with Crippen LogP contribution in [0.5, 0.6) is 0 Å². The third-order valence-electron chi connectivity index (χ3n) is 4.75. The number of carbonyl (C=O) groups is 2. The summed E-state index contributed by atoms with van der Waals surface area (Å²) in [5.74, 6) is -1.72. The Morgan fingerprint density at radius 1 is 1.23 bits per heavy atom. The zero-order valence-corrected chi connectivity index (χ0v) is 18.1. The van der Waals surface area contributed by atoms with Crippen LogP contribution >= 0.6 is 0 Å². The molecule has 2 rings (SSSR count). The first-order valence-electron chi connectivity index (χ1n) is 9.95. The van der Waals surface area contributed by atoms with E-state index in [-0.39, 0.29) is 37.6 Å². The summed E-state index contributed by atoms with van der Waals surface area (Å²) in [5, 5.41) is 17.2. The third kappa shape index (κ3) is 5.88. The molecule has 0 N–H and O–H groups in total. The molecule has 1 aliphatic heterocycles. The summed E-state index contributed by atoms with van der Waals surface area (Å²) in [6.45, 7) is 5.55. The molecule has 0 spiro atoms. The molecule has 1 aromatic carbocycles. The average Bonchev–Trinajstić information content (AvgIpc) is 2.75. The summed E-state index contributed by atoms with van der Waals surface area (Å²) in [6.07, 6.45) is 0.453. The van der Waals surface area contributed by atoms with Crippen molar-refractivity contribution in [3.63, 3.8) is 0 Å². The van der Waals surface area contributed by atoms with Crippen molar-refractivity contribution < 1.29 is 28.7 Å². The van der Waals surface area contributed by atoms with Gasteiger partial charge in [-0.1, -0.05) is 19.1 Å². The van der Waals surface area contributed by atoms with Gasteiger partial charge in [0.1, 0.15) is 13.2 Å². The Hall–Kier alpha value is -3.27. The fraction of sp³-hybridized carbons (Fsp3) is 0.476. The summed E-state index contributed by atoms with van der Waals surface area (Å²) in [7, 11) is 1.49. The van der Waals surface area contributed by atoms with E-state index in [0.717, 1.165) is 0 Å². The van der Waals surface area contributed by atoms with E-state index in [4.69, 9.17) is 14.2 Å². The molecule has 1 unspecified atom stereocenters. The topological polar surface area (TPSA) is 121 Å². The van der Waals surface area contributed by atoms with Crippen molar-refractivity contribution in [1.82, 2.24) is 5.01 Å². The van der Waals surface area contributed by atoms with E-state index in [1.807, 2.05) is 6.92 Å². The van der Waals surface area contributed by atoms with Crippen LogP contribution in [0.4, 0.5) is 5.69 Å². The molecule has 1 heterocycles. The number of rotatable bonds is 10. The van der Waals surface area contributed by atoms with Gasteiger partial charge >= 0.3 is 11.9 Å². The Bertz CT molecular complexity index is 895. The van der Waals surface area contributed by atoms with Gasteiger partial charge in [-0.05, 0) is 25.8 Å². The Labute approximate surface area is 180 Å². The molecule has 10 heteroatoms. The van der Waals surface area contributed by atoms with Crippen molar-refractivity contribution in [3.8, 4) is 0 Å². The third-order valence-corrected chi connectivity index (χ3v) is 4.75. The van der Waals surface area contributed by atoms with Crippen molar-refractivity contribution in [2.24, 2.45) is 5.10 Å². The lowest BCUT2D eigenvalue weighted by Gasteiger charge is -2.33. The highest BCUT2D eigenvalue weighted by molar-refractivity contribution is 6.05. The summed E-state index contributed by atoms with van der Waals surface area (Å²) in [6, 6.07) is 6.08. The summed E-state index contributed by atoms with van der Waals surface area (Å²) in [5.41, 5.74) is 1.72. The maximum atomic E-state index is 13.0. The minimum atomic E-state index is -0.640. The second-order valence-corrected chi connectivity index (χ2v) is 6.72. The monoisotopic (exact) mass is 433 g/mol. The van der Waals surface area contributed by atoms with Gasteiger partial charge < -0.3 is 14.2 Å². The summed E-state index contributed by atoms with van der Waals surface area (Å²) >= 11 is 0. The quantitative estimate of drug-likeness (QED) is 0.239. The predicted molar refractivity (Wildman–Crippen MR) is 112 cm³/mol. The Kier molecular flexibility index (Phi) is 8.68. The molecule has 10 nitrogen and oxygen atoms in total. The van der Waals surface area contributed by atoms with Crippen LogP contribution in [0.1, 0.15) is 38.7 Å². The molecule has 168 valence electrons. The number of non-ortho nitro benzene ring substituents is 1. The molecule has 1 atom stereocenters. The molecule has 0 bridgehead atoms. The maximum absolute atomic E-state index is 13.0. The Morgan fingerprint density at radius 2 is 1.97 bits per heavy atom. The molecular weight excluding hydrogens is 406 g/mol. The van der Waals surface area contributed by atoms with Gasteiger partial charge in [-0.15, -0.1) is 0 Å². The molecule has 1 aliphatic rings. The van der Waals surface area contributed by atoms with Crippen LogP contribution in [0.15, 0.2) is 40.6 Å². The van der Waals surface area contributed by atoms with E-state index in [1.165, 1.54) is 24.3 Å². The number of nitro benzene ring substituents is 1. The van der Waals surface area contributed by atoms with Crippen LogP contribution in [0, 0.1) is 10.1 Å². The highest BCUT2D eigenvalue weighted by Crippen LogP contribution is 2.36. The fourth-order valence-electron chi connectivity index (χ4n) is 3.30. The van der Waals surface area contributed by atoms with Crippen LogP contribution in [0.3, 0.4) is 0 Å². The number of benzene rings is 1. The largest absolute Gasteiger partial charge is 0.465 e. The average molecular weight is 433 g/mol. The van der Waals surface area contributed by atoms with Gasteiger partial charge in [0, 0.05) is 24.9 Å². The van der Waals surface area contributed by atoms with E-state index in [9.17, 15) is 19.7 Å². The highest BCUT2D eigenvalue weighted by atomic mass is 16.6. The molecule has 1 aromatic rings. The number of hydrogen-bond donors (Lipinski definition) is 0. The van der Waals surface area contributed by atoms with Crippen LogP contribution in [-0.4, -0.2) is 61.1 Å². The summed E-state index contributed by atoms with van der Waals surface area (Å²) in [4.78, 5) is 35.9. The van der Waals surface area contributed by atoms with Gasteiger partial charge in [0.2, 0.25) is 0 Å². The number of hydrazone groups is 1. The van der Waals surface area contributed by atoms with Crippen molar-refractivity contribution in [2.75, 3.05) is 33.5 Å². The van der Waals surface area contributed by atoms with Crippen LogP contribution in [0.2, 0.25) is 0 Å². The van der Waals surface area contributed by atoms with Crippen molar-refractivity contribution in [3.05, 3.63) is 51.2 Å². The zero-order valence-electron chi connectivity index (χ0n) is 18.1. The number of nitro groups is 1. The lowest BCUT2D eigenvalue weighted by Crippen LogP contribution is -2.36. The van der Waals surface area contributed by atoms with E-state index < -0.39 is 22.8 Å². The van der Waals surface area contributed by atoms with Gasteiger partial charge in [0.25, 0.3) is 5.69 Å². The Morgan fingerprint density at radius 3 is 2.58 bits per heavy atom. The molecule has 31 heavy (non-hydrogen) atoms. The second-order valence-electron chi connectivity index (χ2n) is 6.72. The maximum Gasteiger partial charge on any atom is 0.336 e. The smallest absolute Gasteiger partial charge is 0.336 e. The number of ether oxygens (including phenoxy) is 3. The fourth-order valence-corrected chi connectivity index (χ4v) is 3.30. The first-order chi connectivity index (χ1) is 14.8. The van der Waals surface area contributed by atoms with Gasteiger partial charge in [-0.3, -0.25) is 19.9 Å². The lowest BCUT2D eigenvalue weighted by molar-refractivity contribution is -0.384. The van der Waals surface area contributed by atoms with Crippen LogP contribution in [0.25, 0.3) is 0 Å².